The average Bonchev–Trinajstić information content (AvgIpc) is 3.07. The molecule has 5 heteroatoms. The Labute approximate surface area is 116 Å². The van der Waals surface area contributed by atoms with Crippen LogP contribution >= 0.6 is 0 Å². The predicted octanol–water partition coefficient (Wildman–Crippen LogP) is 2.09. The molecule has 1 saturated heterocycles. The van der Waals surface area contributed by atoms with E-state index in [-0.39, 0.29) is 6.10 Å². The largest absolute Gasteiger partial charge is 0.481 e. The number of carboxylic acids is 1. The number of nitrogens with zero attached hydrogens (tertiary/aromatic N) is 2. The van der Waals surface area contributed by atoms with Crippen molar-refractivity contribution in [3.63, 3.8) is 0 Å². The van der Waals surface area contributed by atoms with E-state index in [1.165, 1.54) is 0 Å². The molecule has 0 amide bonds. The molecule has 1 aromatic heterocycles. The Morgan fingerprint density at radius 2 is 2.20 bits per heavy atom. The van der Waals surface area contributed by atoms with E-state index in [0.717, 1.165) is 11.1 Å². The summed E-state index contributed by atoms with van der Waals surface area (Å²) in [5.74, 6) is -1.27. The average molecular weight is 272 g/mol. The summed E-state index contributed by atoms with van der Waals surface area (Å²) in [4.78, 5) is 11.2. The second-order valence-corrected chi connectivity index (χ2v) is 4.98. The van der Waals surface area contributed by atoms with Crippen LogP contribution < -0.4 is 0 Å². The Balaban J connectivity index is 1.75. The monoisotopic (exact) mass is 272 g/mol. The highest BCUT2D eigenvalue weighted by Crippen LogP contribution is 2.34. The highest BCUT2D eigenvalue weighted by atomic mass is 16.5. The number of rotatable bonds is 4. The van der Waals surface area contributed by atoms with E-state index in [2.05, 4.69) is 5.10 Å². The summed E-state index contributed by atoms with van der Waals surface area (Å²) in [6.07, 6.45) is 3.76. The van der Waals surface area contributed by atoms with Gasteiger partial charge in [0.15, 0.2) is 0 Å². The number of carbonyl (C=O) groups is 1. The first-order chi connectivity index (χ1) is 9.74. The van der Waals surface area contributed by atoms with Crippen molar-refractivity contribution in [1.82, 2.24) is 9.78 Å². The summed E-state index contributed by atoms with van der Waals surface area (Å²) < 4.78 is 7.35. The Bertz CT molecular complexity index is 594. The second kappa shape index (κ2) is 5.46. The molecule has 2 heterocycles. The zero-order valence-electron chi connectivity index (χ0n) is 11.0. The van der Waals surface area contributed by atoms with Gasteiger partial charge in [-0.15, -0.1) is 0 Å². The van der Waals surface area contributed by atoms with Crippen LogP contribution in [0.25, 0.3) is 0 Å². The van der Waals surface area contributed by atoms with Crippen molar-refractivity contribution in [3.8, 4) is 0 Å². The third kappa shape index (κ3) is 2.58. The van der Waals surface area contributed by atoms with E-state index in [1.807, 2.05) is 41.2 Å². The van der Waals surface area contributed by atoms with E-state index in [0.29, 0.717) is 19.6 Å². The number of carboxylic acid groups (broad SMARTS) is 1. The Morgan fingerprint density at radius 1 is 1.40 bits per heavy atom. The Kier molecular flexibility index (Phi) is 3.52. The fraction of sp³-hybridized carbons (Fsp3) is 0.333. The van der Waals surface area contributed by atoms with Crippen molar-refractivity contribution in [2.75, 3.05) is 6.61 Å². The molecule has 0 unspecified atom stereocenters. The fourth-order valence-corrected chi connectivity index (χ4v) is 2.55. The van der Waals surface area contributed by atoms with Crippen LogP contribution in [0.4, 0.5) is 0 Å². The van der Waals surface area contributed by atoms with Gasteiger partial charge in [-0.05, 0) is 12.0 Å². The van der Waals surface area contributed by atoms with Gasteiger partial charge in [-0.1, -0.05) is 30.3 Å². The molecule has 1 N–H and O–H groups in total. The van der Waals surface area contributed by atoms with Gasteiger partial charge in [0, 0.05) is 18.4 Å². The van der Waals surface area contributed by atoms with Crippen molar-refractivity contribution in [1.29, 1.82) is 0 Å². The van der Waals surface area contributed by atoms with Gasteiger partial charge < -0.3 is 9.84 Å². The predicted molar refractivity (Wildman–Crippen MR) is 72.2 cm³/mol. The zero-order valence-corrected chi connectivity index (χ0v) is 11.0. The molecular formula is C15H16N2O3. The van der Waals surface area contributed by atoms with Crippen molar-refractivity contribution in [2.45, 2.75) is 19.1 Å². The van der Waals surface area contributed by atoms with Gasteiger partial charge in [0.25, 0.3) is 0 Å². The number of aromatic nitrogens is 2. The lowest BCUT2D eigenvalue weighted by molar-refractivity contribution is -0.143. The molecule has 1 fully saturated rings. The van der Waals surface area contributed by atoms with Gasteiger partial charge in [0.05, 0.1) is 24.8 Å². The SMILES string of the molecule is O=C(O)[C@@H]1CCO[C@H]1c1cnn(Cc2ccccc2)c1. The summed E-state index contributed by atoms with van der Waals surface area (Å²) in [7, 11) is 0. The van der Waals surface area contributed by atoms with E-state index in [1.54, 1.807) is 6.20 Å². The first-order valence-electron chi connectivity index (χ1n) is 6.65. The maximum absolute atomic E-state index is 11.2. The Morgan fingerprint density at radius 3 is 2.95 bits per heavy atom. The van der Waals surface area contributed by atoms with Crippen molar-refractivity contribution < 1.29 is 14.6 Å². The topological polar surface area (TPSA) is 64.3 Å². The molecule has 5 nitrogen and oxygen atoms in total. The molecule has 1 aliphatic rings. The van der Waals surface area contributed by atoms with Gasteiger partial charge in [-0.3, -0.25) is 9.48 Å². The van der Waals surface area contributed by atoms with Gasteiger partial charge in [0.1, 0.15) is 0 Å². The van der Waals surface area contributed by atoms with Crippen LogP contribution in [0.3, 0.4) is 0 Å². The van der Waals surface area contributed by atoms with Crippen LogP contribution in [-0.2, 0) is 16.1 Å². The number of hydrogen-bond acceptors (Lipinski definition) is 3. The van der Waals surface area contributed by atoms with E-state index in [4.69, 9.17) is 4.74 Å². The van der Waals surface area contributed by atoms with Crippen molar-refractivity contribution >= 4 is 5.97 Å². The van der Waals surface area contributed by atoms with Gasteiger partial charge in [-0.25, -0.2) is 0 Å². The summed E-state index contributed by atoms with van der Waals surface area (Å²) in [5.41, 5.74) is 2.00. The van der Waals surface area contributed by atoms with Crippen LogP contribution in [0.15, 0.2) is 42.7 Å². The highest BCUT2D eigenvalue weighted by molar-refractivity contribution is 5.71. The minimum absolute atomic E-state index is 0.378. The van der Waals surface area contributed by atoms with Gasteiger partial charge >= 0.3 is 5.97 Å². The van der Waals surface area contributed by atoms with Crippen LogP contribution in [0.1, 0.15) is 23.7 Å². The zero-order chi connectivity index (χ0) is 13.9. The molecule has 0 radical (unpaired) electrons. The minimum Gasteiger partial charge on any atom is -0.481 e. The fourth-order valence-electron chi connectivity index (χ4n) is 2.55. The molecule has 2 atom stereocenters. The summed E-state index contributed by atoms with van der Waals surface area (Å²) >= 11 is 0. The van der Waals surface area contributed by atoms with E-state index in [9.17, 15) is 9.90 Å². The molecule has 104 valence electrons. The van der Waals surface area contributed by atoms with Crippen LogP contribution in [0.2, 0.25) is 0 Å². The quantitative estimate of drug-likeness (QED) is 0.925. The maximum atomic E-state index is 11.2. The van der Waals surface area contributed by atoms with Crippen LogP contribution in [0.5, 0.6) is 0 Å². The first-order valence-corrected chi connectivity index (χ1v) is 6.65. The normalized spacial score (nSPS) is 22.0. The molecule has 1 aromatic carbocycles. The molecule has 1 aliphatic heterocycles. The van der Waals surface area contributed by atoms with Gasteiger partial charge in [0.2, 0.25) is 0 Å². The van der Waals surface area contributed by atoms with Crippen LogP contribution in [0, 0.1) is 5.92 Å². The van der Waals surface area contributed by atoms with E-state index >= 15 is 0 Å². The standard InChI is InChI=1S/C15H16N2O3/c18-15(19)13-6-7-20-14(13)12-8-16-17(10-12)9-11-4-2-1-3-5-11/h1-5,8,10,13-14H,6-7,9H2,(H,18,19)/t13-,14+/m1/s1. The van der Waals surface area contributed by atoms with E-state index < -0.39 is 11.9 Å². The lowest BCUT2D eigenvalue weighted by Crippen LogP contribution is -2.17. The lowest BCUT2D eigenvalue weighted by atomic mass is 9.98. The molecular weight excluding hydrogens is 256 g/mol. The molecule has 2 aromatic rings. The summed E-state index contributed by atoms with van der Waals surface area (Å²) in [6, 6.07) is 10.0. The summed E-state index contributed by atoms with van der Waals surface area (Å²) in [5, 5.41) is 13.5. The van der Waals surface area contributed by atoms with Crippen molar-refractivity contribution in [2.24, 2.45) is 5.92 Å². The maximum Gasteiger partial charge on any atom is 0.309 e. The Hall–Kier alpha value is -2.14. The number of aliphatic carboxylic acids is 1. The first kappa shape index (κ1) is 12.9. The van der Waals surface area contributed by atoms with Crippen molar-refractivity contribution in [3.05, 3.63) is 53.9 Å². The summed E-state index contributed by atoms with van der Waals surface area (Å²) in [6.45, 7) is 1.16. The third-order valence-electron chi connectivity index (χ3n) is 3.58. The van der Waals surface area contributed by atoms with Gasteiger partial charge in [-0.2, -0.15) is 5.10 Å². The third-order valence-corrected chi connectivity index (χ3v) is 3.58. The number of ether oxygens (including phenoxy) is 1. The molecule has 3 rings (SSSR count). The highest BCUT2D eigenvalue weighted by Gasteiger charge is 2.35. The molecule has 0 saturated carbocycles. The minimum atomic E-state index is -0.802. The molecule has 0 aliphatic carbocycles. The molecule has 0 bridgehead atoms. The van der Waals surface area contributed by atoms with Crippen LogP contribution in [-0.4, -0.2) is 27.5 Å². The molecule has 0 spiro atoms. The number of hydrogen-bond donors (Lipinski definition) is 1. The molecule has 20 heavy (non-hydrogen) atoms. The smallest absolute Gasteiger partial charge is 0.309 e. The second-order valence-electron chi connectivity index (χ2n) is 4.98. The number of benzene rings is 1. The lowest BCUT2D eigenvalue weighted by Gasteiger charge is -2.12.